The van der Waals surface area contributed by atoms with Crippen LogP contribution in [0.4, 0.5) is 14.5 Å². The predicted molar refractivity (Wildman–Crippen MR) is 136 cm³/mol. The van der Waals surface area contributed by atoms with E-state index in [9.17, 15) is 4.39 Å². The quantitative estimate of drug-likeness (QED) is 0.268. The van der Waals surface area contributed by atoms with Crippen LogP contribution in [0.3, 0.4) is 0 Å². The largest absolute Gasteiger partial charge is 0.382 e. The van der Waals surface area contributed by atoms with Crippen molar-refractivity contribution in [1.29, 1.82) is 0 Å². The molecule has 36 heavy (non-hydrogen) atoms. The minimum Gasteiger partial charge on any atom is -0.382 e. The number of halogens is 2. The molecule has 7 nitrogen and oxygen atoms in total. The summed E-state index contributed by atoms with van der Waals surface area (Å²) in [5.74, 6) is -0.482. The van der Waals surface area contributed by atoms with E-state index >= 15 is 4.39 Å². The van der Waals surface area contributed by atoms with Crippen molar-refractivity contribution in [2.45, 2.75) is 19.9 Å². The third-order valence-electron chi connectivity index (χ3n) is 5.93. The lowest BCUT2D eigenvalue weighted by atomic mass is 10.0. The van der Waals surface area contributed by atoms with Crippen LogP contribution in [0.2, 0.25) is 0 Å². The molecule has 0 amide bonds. The van der Waals surface area contributed by atoms with Gasteiger partial charge in [0.2, 0.25) is 0 Å². The standard InChI is InChI=1S/C27H21F2N7/c1-14(2)32-16-11-15(12-30-13-16)17-7-8-20-22(23(17)29)26(36-35-20)27-33-21-9-10-31-24(25(21)34-27)18-5-3-4-6-19(18)28/h3-14,32H,1-2H3,(H,33,34)(H,35,36). The Bertz CT molecular complexity index is 1740. The Balaban J connectivity index is 1.50. The molecular weight excluding hydrogens is 460 g/mol. The third kappa shape index (κ3) is 3.65. The average Bonchev–Trinajstić information content (AvgIpc) is 3.49. The molecule has 0 saturated heterocycles. The van der Waals surface area contributed by atoms with Gasteiger partial charge in [-0.2, -0.15) is 5.10 Å². The molecule has 0 bridgehead atoms. The maximum Gasteiger partial charge on any atom is 0.159 e. The highest BCUT2D eigenvalue weighted by molar-refractivity contribution is 5.98. The van der Waals surface area contributed by atoms with E-state index in [1.54, 1.807) is 55.0 Å². The Labute approximate surface area is 204 Å². The van der Waals surface area contributed by atoms with E-state index in [1.807, 2.05) is 19.9 Å². The van der Waals surface area contributed by atoms with Crippen LogP contribution in [0.15, 0.2) is 67.1 Å². The molecule has 2 aromatic carbocycles. The topological polar surface area (TPSA) is 95.2 Å². The SMILES string of the molecule is CC(C)Nc1cncc(-c2ccc3[nH]nc(-c4nc5c(-c6ccccc6F)nccc5[nH]4)c3c2F)c1. The maximum absolute atomic E-state index is 16.0. The molecule has 6 aromatic rings. The number of hydrogen-bond donors (Lipinski definition) is 3. The Hall–Kier alpha value is -4.66. The lowest BCUT2D eigenvalue weighted by Crippen LogP contribution is -2.09. The van der Waals surface area contributed by atoms with Crippen molar-refractivity contribution < 1.29 is 8.78 Å². The molecule has 0 aliphatic heterocycles. The number of imidazole rings is 1. The summed E-state index contributed by atoms with van der Waals surface area (Å²) in [4.78, 5) is 16.5. The number of rotatable bonds is 5. The average molecular weight is 482 g/mol. The van der Waals surface area contributed by atoms with Crippen molar-refractivity contribution in [2.24, 2.45) is 0 Å². The van der Waals surface area contributed by atoms with Crippen LogP contribution in [0.5, 0.6) is 0 Å². The summed E-state index contributed by atoms with van der Waals surface area (Å²) >= 11 is 0. The monoisotopic (exact) mass is 481 g/mol. The van der Waals surface area contributed by atoms with Gasteiger partial charge in [0.1, 0.15) is 28.5 Å². The van der Waals surface area contributed by atoms with Gasteiger partial charge in [0, 0.05) is 41.3 Å². The minimum atomic E-state index is -0.437. The van der Waals surface area contributed by atoms with Crippen molar-refractivity contribution in [3.63, 3.8) is 0 Å². The number of aromatic nitrogens is 6. The fraction of sp³-hybridized carbons (Fsp3) is 0.111. The number of nitrogens with one attached hydrogen (secondary N) is 3. The van der Waals surface area contributed by atoms with Gasteiger partial charge in [-0.15, -0.1) is 0 Å². The Morgan fingerprint density at radius 3 is 2.61 bits per heavy atom. The zero-order valence-corrected chi connectivity index (χ0v) is 19.5. The van der Waals surface area contributed by atoms with E-state index in [1.165, 1.54) is 6.07 Å². The van der Waals surface area contributed by atoms with E-state index in [0.29, 0.717) is 55.8 Å². The predicted octanol–water partition coefficient (Wildman–Crippen LogP) is 6.33. The molecule has 0 aliphatic carbocycles. The highest BCUT2D eigenvalue weighted by Crippen LogP contribution is 2.35. The molecule has 6 rings (SSSR count). The number of aromatic amines is 2. The van der Waals surface area contributed by atoms with Crippen LogP contribution in [0.25, 0.3) is 55.8 Å². The fourth-order valence-corrected chi connectivity index (χ4v) is 4.36. The summed E-state index contributed by atoms with van der Waals surface area (Å²) in [6.45, 7) is 4.05. The smallest absolute Gasteiger partial charge is 0.159 e. The van der Waals surface area contributed by atoms with E-state index < -0.39 is 11.6 Å². The molecular formula is C27H21F2N7. The number of nitrogens with zero attached hydrogens (tertiary/aromatic N) is 4. The number of fused-ring (bicyclic) bond motifs is 2. The molecule has 0 spiro atoms. The van der Waals surface area contributed by atoms with Gasteiger partial charge in [0.25, 0.3) is 0 Å². The molecule has 3 N–H and O–H groups in total. The summed E-state index contributed by atoms with van der Waals surface area (Å²) in [5, 5.41) is 10.8. The van der Waals surface area contributed by atoms with Crippen LogP contribution in [-0.2, 0) is 0 Å². The summed E-state index contributed by atoms with van der Waals surface area (Å²) in [6, 6.07) is 13.7. The molecule has 4 heterocycles. The van der Waals surface area contributed by atoms with E-state index in [4.69, 9.17) is 0 Å². The zero-order chi connectivity index (χ0) is 24.8. The van der Waals surface area contributed by atoms with Crippen LogP contribution in [-0.4, -0.2) is 36.2 Å². The van der Waals surface area contributed by atoms with Crippen molar-refractivity contribution in [3.05, 3.63) is 78.8 Å². The summed E-state index contributed by atoms with van der Waals surface area (Å²) in [5.41, 5.74) is 4.55. The second-order valence-electron chi connectivity index (χ2n) is 8.80. The zero-order valence-electron chi connectivity index (χ0n) is 19.5. The molecule has 0 aliphatic rings. The van der Waals surface area contributed by atoms with Crippen LogP contribution in [0.1, 0.15) is 13.8 Å². The highest BCUT2D eigenvalue weighted by atomic mass is 19.1. The summed E-state index contributed by atoms with van der Waals surface area (Å²) in [7, 11) is 0. The van der Waals surface area contributed by atoms with E-state index in [-0.39, 0.29) is 6.04 Å². The number of pyridine rings is 2. The first-order chi connectivity index (χ1) is 17.5. The Morgan fingerprint density at radius 1 is 0.917 bits per heavy atom. The molecule has 178 valence electrons. The Kier molecular flexibility index (Phi) is 5.18. The van der Waals surface area contributed by atoms with Gasteiger partial charge in [-0.3, -0.25) is 15.1 Å². The maximum atomic E-state index is 16.0. The van der Waals surface area contributed by atoms with E-state index in [0.717, 1.165) is 5.69 Å². The molecule has 0 unspecified atom stereocenters. The first-order valence-electron chi connectivity index (χ1n) is 11.5. The highest BCUT2D eigenvalue weighted by Gasteiger charge is 2.21. The molecule has 0 radical (unpaired) electrons. The van der Waals surface area contributed by atoms with E-state index in [2.05, 4.69) is 35.5 Å². The number of benzene rings is 2. The van der Waals surface area contributed by atoms with Crippen molar-refractivity contribution >= 4 is 27.6 Å². The number of H-pyrrole nitrogens is 2. The fourth-order valence-electron chi connectivity index (χ4n) is 4.36. The molecule has 0 fully saturated rings. The number of anilines is 1. The van der Waals surface area contributed by atoms with Crippen molar-refractivity contribution in [2.75, 3.05) is 5.32 Å². The minimum absolute atomic E-state index is 0.215. The van der Waals surface area contributed by atoms with Crippen LogP contribution >= 0.6 is 0 Å². The lowest BCUT2D eigenvalue weighted by molar-refractivity contribution is 0.631. The summed E-state index contributed by atoms with van der Waals surface area (Å²) in [6.07, 6.45) is 4.92. The van der Waals surface area contributed by atoms with Crippen molar-refractivity contribution in [3.8, 4) is 33.9 Å². The Morgan fingerprint density at radius 2 is 1.78 bits per heavy atom. The van der Waals surface area contributed by atoms with Gasteiger partial charge in [-0.05, 0) is 50.2 Å². The van der Waals surface area contributed by atoms with Crippen LogP contribution < -0.4 is 5.32 Å². The molecule has 0 saturated carbocycles. The van der Waals surface area contributed by atoms with Gasteiger partial charge < -0.3 is 10.3 Å². The third-order valence-corrected chi connectivity index (χ3v) is 5.93. The molecule has 4 aromatic heterocycles. The molecule has 9 heteroatoms. The van der Waals surface area contributed by atoms with Gasteiger partial charge in [0.15, 0.2) is 5.82 Å². The first-order valence-corrected chi connectivity index (χ1v) is 11.5. The first kappa shape index (κ1) is 21.8. The second kappa shape index (κ2) is 8.53. The summed E-state index contributed by atoms with van der Waals surface area (Å²) < 4.78 is 30.5. The lowest BCUT2D eigenvalue weighted by Gasteiger charge is -2.11. The number of hydrogen-bond acceptors (Lipinski definition) is 5. The van der Waals surface area contributed by atoms with Gasteiger partial charge >= 0.3 is 0 Å². The van der Waals surface area contributed by atoms with Crippen molar-refractivity contribution in [1.82, 2.24) is 30.1 Å². The van der Waals surface area contributed by atoms with Gasteiger partial charge in [-0.1, -0.05) is 12.1 Å². The second-order valence-corrected chi connectivity index (χ2v) is 8.80. The molecule has 0 atom stereocenters. The van der Waals surface area contributed by atoms with Crippen LogP contribution in [0, 0.1) is 11.6 Å². The van der Waals surface area contributed by atoms with Gasteiger partial charge in [-0.25, -0.2) is 13.8 Å². The van der Waals surface area contributed by atoms with Gasteiger partial charge in [0.05, 0.1) is 22.1 Å². The normalized spacial score (nSPS) is 11.6.